The number of ether oxygens (including phenoxy) is 1. The fourth-order valence-corrected chi connectivity index (χ4v) is 1.86. The Morgan fingerprint density at radius 2 is 2.18 bits per heavy atom. The summed E-state index contributed by atoms with van der Waals surface area (Å²) in [5.74, 6) is 0.837. The number of benzene rings is 1. The number of rotatable bonds is 4. The molecule has 0 fully saturated rings. The van der Waals surface area contributed by atoms with Crippen LogP contribution in [-0.4, -0.2) is 12.2 Å². The Bertz CT molecular complexity index is 474. The van der Waals surface area contributed by atoms with Crippen molar-refractivity contribution >= 4 is 0 Å². The molecule has 17 heavy (non-hydrogen) atoms. The summed E-state index contributed by atoms with van der Waals surface area (Å²) in [7, 11) is 1.64. The molecule has 0 amide bonds. The lowest BCUT2D eigenvalue weighted by Crippen LogP contribution is -2.01. The normalized spacial score (nSPS) is 12.4. The van der Waals surface area contributed by atoms with Crippen LogP contribution in [0.15, 0.2) is 41.2 Å². The lowest BCUT2D eigenvalue weighted by atomic mass is 10.0. The SMILES string of the molecule is COc1ccc(C(O)Cc2ccoc2)cc1C. The number of furan rings is 1. The van der Waals surface area contributed by atoms with E-state index in [0.717, 1.165) is 22.4 Å². The minimum atomic E-state index is -0.516. The summed E-state index contributed by atoms with van der Waals surface area (Å²) in [6, 6.07) is 7.57. The molecule has 2 aromatic rings. The molecule has 3 heteroatoms. The number of hydrogen-bond acceptors (Lipinski definition) is 3. The van der Waals surface area contributed by atoms with Gasteiger partial charge in [0, 0.05) is 6.42 Å². The van der Waals surface area contributed by atoms with Crippen molar-refractivity contribution in [2.75, 3.05) is 7.11 Å². The summed E-state index contributed by atoms with van der Waals surface area (Å²) in [6.07, 6.45) is 3.31. The van der Waals surface area contributed by atoms with Gasteiger partial charge in [-0.2, -0.15) is 0 Å². The molecule has 0 saturated carbocycles. The largest absolute Gasteiger partial charge is 0.496 e. The molecule has 0 saturated heterocycles. The number of aryl methyl sites for hydroxylation is 1. The summed E-state index contributed by atoms with van der Waals surface area (Å²) >= 11 is 0. The molecule has 1 aromatic carbocycles. The quantitative estimate of drug-likeness (QED) is 0.881. The lowest BCUT2D eigenvalue weighted by Gasteiger charge is -2.12. The van der Waals surface area contributed by atoms with Crippen molar-refractivity contribution < 1.29 is 14.3 Å². The van der Waals surface area contributed by atoms with Crippen LogP contribution in [0.1, 0.15) is 22.8 Å². The molecule has 90 valence electrons. The molecule has 1 atom stereocenters. The average Bonchev–Trinajstić information content (AvgIpc) is 2.81. The maximum atomic E-state index is 10.1. The third-order valence-electron chi connectivity index (χ3n) is 2.81. The van der Waals surface area contributed by atoms with Crippen LogP contribution in [0.25, 0.3) is 0 Å². The van der Waals surface area contributed by atoms with Crippen LogP contribution < -0.4 is 4.74 Å². The van der Waals surface area contributed by atoms with Gasteiger partial charge >= 0.3 is 0 Å². The van der Waals surface area contributed by atoms with Crippen LogP contribution >= 0.6 is 0 Å². The Morgan fingerprint density at radius 1 is 1.35 bits per heavy atom. The number of aliphatic hydroxyl groups is 1. The van der Waals surface area contributed by atoms with E-state index in [-0.39, 0.29) is 0 Å². The first-order chi connectivity index (χ1) is 8.20. The smallest absolute Gasteiger partial charge is 0.121 e. The second-order valence-electron chi connectivity index (χ2n) is 4.08. The van der Waals surface area contributed by atoms with Crippen LogP contribution in [0.4, 0.5) is 0 Å². The highest BCUT2D eigenvalue weighted by molar-refractivity contribution is 5.37. The van der Waals surface area contributed by atoms with Gasteiger partial charge in [-0.1, -0.05) is 6.07 Å². The van der Waals surface area contributed by atoms with Crippen molar-refractivity contribution in [2.45, 2.75) is 19.4 Å². The van der Waals surface area contributed by atoms with Crippen molar-refractivity contribution in [2.24, 2.45) is 0 Å². The first-order valence-electron chi connectivity index (χ1n) is 5.54. The molecule has 0 aliphatic heterocycles. The lowest BCUT2D eigenvalue weighted by molar-refractivity contribution is 0.178. The summed E-state index contributed by atoms with van der Waals surface area (Å²) < 4.78 is 10.2. The third kappa shape index (κ3) is 2.68. The maximum Gasteiger partial charge on any atom is 0.121 e. The maximum absolute atomic E-state index is 10.1. The molecule has 1 N–H and O–H groups in total. The molecule has 2 rings (SSSR count). The summed E-state index contributed by atoms with van der Waals surface area (Å²) in [5, 5.41) is 10.1. The fourth-order valence-electron chi connectivity index (χ4n) is 1.86. The summed E-state index contributed by atoms with van der Waals surface area (Å²) in [5.41, 5.74) is 2.91. The van der Waals surface area contributed by atoms with Crippen LogP contribution in [0.2, 0.25) is 0 Å². The highest BCUT2D eigenvalue weighted by atomic mass is 16.5. The Kier molecular flexibility index (Phi) is 3.49. The van der Waals surface area contributed by atoms with E-state index in [9.17, 15) is 5.11 Å². The minimum absolute atomic E-state index is 0.516. The topological polar surface area (TPSA) is 42.6 Å². The van der Waals surface area contributed by atoms with Gasteiger partial charge in [0.2, 0.25) is 0 Å². The molecule has 0 radical (unpaired) electrons. The van der Waals surface area contributed by atoms with Gasteiger partial charge in [0.05, 0.1) is 25.7 Å². The number of methoxy groups -OCH3 is 1. The van der Waals surface area contributed by atoms with Gasteiger partial charge in [-0.15, -0.1) is 0 Å². The van der Waals surface area contributed by atoms with E-state index >= 15 is 0 Å². The predicted octanol–water partition coefficient (Wildman–Crippen LogP) is 2.87. The van der Waals surface area contributed by atoms with E-state index in [1.165, 1.54) is 0 Å². The average molecular weight is 232 g/mol. The number of aliphatic hydroxyl groups excluding tert-OH is 1. The first-order valence-corrected chi connectivity index (χ1v) is 5.54. The summed E-state index contributed by atoms with van der Waals surface area (Å²) in [6.45, 7) is 1.97. The molecular weight excluding hydrogens is 216 g/mol. The zero-order valence-electron chi connectivity index (χ0n) is 10.0. The van der Waals surface area contributed by atoms with Gasteiger partial charge in [-0.05, 0) is 41.8 Å². The predicted molar refractivity (Wildman–Crippen MR) is 65.1 cm³/mol. The molecule has 0 aliphatic rings. The summed E-state index contributed by atoms with van der Waals surface area (Å²) in [4.78, 5) is 0. The minimum Gasteiger partial charge on any atom is -0.496 e. The van der Waals surface area contributed by atoms with E-state index in [1.54, 1.807) is 19.6 Å². The third-order valence-corrected chi connectivity index (χ3v) is 2.81. The molecule has 3 nitrogen and oxygen atoms in total. The second-order valence-corrected chi connectivity index (χ2v) is 4.08. The first kappa shape index (κ1) is 11.7. The van der Waals surface area contributed by atoms with Gasteiger partial charge < -0.3 is 14.3 Å². The van der Waals surface area contributed by atoms with E-state index in [2.05, 4.69) is 0 Å². The van der Waals surface area contributed by atoms with Crippen LogP contribution in [-0.2, 0) is 6.42 Å². The van der Waals surface area contributed by atoms with E-state index in [4.69, 9.17) is 9.15 Å². The van der Waals surface area contributed by atoms with Gasteiger partial charge in [0.1, 0.15) is 5.75 Å². The fraction of sp³-hybridized carbons (Fsp3) is 0.286. The van der Waals surface area contributed by atoms with Gasteiger partial charge in [0.25, 0.3) is 0 Å². The van der Waals surface area contributed by atoms with Crippen LogP contribution in [0.3, 0.4) is 0 Å². The molecule has 1 aromatic heterocycles. The van der Waals surface area contributed by atoms with Crippen molar-refractivity contribution in [3.63, 3.8) is 0 Å². The van der Waals surface area contributed by atoms with Crippen molar-refractivity contribution in [3.8, 4) is 5.75 Å². The van der Waals surface area contributed by atoms with Crippen LogP contribution in [0.5, 0.6) is 5.75 Å². The van der Waals surface area contributed by atoms with Crippen molar-refractivity contribution in [1.82, 2.24) is 0 Å². The Hall–Kier alpha value is -1.74. The van der Waals surface area contributed by atoms with E-state index in [1.807, 2.05) is 31.2 Å². The highest BCUT2D eigenvalue weighted by Crippen LogP contribution is 2.24. The monoisotopic (exact) mass is 232 g/mol. The van der Waals surface area contributed by atoms with Gasteiger partial charge in [-0.25, -0.2) is 0 Å². The zero-order valence-corrected chi connectivity index (χ0v) is 10.0. The molecule has 0 aliphatic carbocycles. The zero-order chi connectivity index (χ0) is 12.3. The van der Waals surface area contributed by atoms with Gasteiger partial charge in [-0.3, -0.25) is 0 Å². The molecule has 0 bridgehead atoms. The van der Waals surface area contributed by atoms with E-state index < -0.39 is 6.10 Å². The van der Waals surface area contributed by atoms with Gasteiger partial charge in [0.15, 0.2) is 0 Å². The van der Waals surface area contributed by atoms with Crippen LogP contribution in [0, 0.1) is 6.92 Å². The van der Waals surface area contributed by atoms with Crippen molar-refractivity contribution in [3.05, 3.63) is 53.5 Å². The highest BCUT2D eigenvalue weighted by Gasteiger charge is 2.10. The Morgan fingerprint density at radius 3 is 2.76 bits per heavy atom. The molecule has 1 heterocycles. The molecule has 0 spiro atoms. The standard InChI is InChI=1S/C14H16O3/c1-10-7-12(3-4-14(10)16-2)13(15)8-11-5-6-17-9-11/h3-7,9,13,15H,8H2,1-2H3. The Labute approximate surface area is 101 Å². The Balaban J connectivity index is 2.14. The second kappa shape index (κ2) is 5.06. The molecule has 1 unspecified atom stereocenters. The van der Waals surface area contributed by atoms with Crippen molar-refractivity contribution in [1.29, 1.82) is 0 Å². The molecular formula is C14H16O3. The van der Waals surface area contributed by atoms with E-state index in [0.29, 0.717) is 6.42 Å². The number of hydrogen-bond donors (Lipinski definition) is 1.